The average Bonchev–Trinajstić information content (AvgIpc) is 2.91. The number of aromatic nitrogens is 2. The molecule has 0 saturated carbocycles. The lowest BCUT2D eigenvalue weighted by molar-refractivity contribution is 0.0940. The number of carbonyl (C=O) groups is 1. The van der Waals surface area contributed by atoms with Crippen LogP contribution in [0.5, 0.6) is 0 Å². The highest BCUT2D eigenvalue weighted by atomic mass is 35.5. The third-order valence-electron chi connectivity index (χ3n) is 4.00. The number of amides is 1. The molecule has 3 rings (SSSR count). The number of hydrogen-bond donors (Lipinski definition) is 2. The summed E-state index contributed by atoms with van der Waals surface area (Å²) in [7, 11) is -3.04. The summed E-state index contributed by atoms with van der Waals surface area (Å²) in [5, 5.41) is 6.38. The van der Waals surface area contributed by atoms with Gasteiger partial charge in [-0.05, 0) is 31.0 Å². The number of nitrogens with zero attached hydrogens (tertiary/aromatic N) is 2. The molecule has 25 heavy (non-hydrogen) atoms. The third-order valence-corrected chi connectivity index (χ3v) is 6.17. The summed E-state index contributed by atoms with van der Waals surface area (Å²) in [5.41, 5.74) is 1.93. The summed E-state index contributed by atoms with van der Waals surface area (Å²) in [6, 6.07) is 5.10. The van der Waals surface area contributed by atoms with Gasteiger partial charge in [-0.15, -0.1) is 0 Å². The SMILES string of the molecule is Cc1c(Cl)cccc1Nc1ncc(C(=O)NC2CCS(=O)(=O)C2)cn1. The highest BCUT2D eigenvalue weighted by molar-refractivity contribution is 7.91. The summed E-state index contributed by atoms with van der Waals surface area (Å²) >= 11 is 6.07. The van der Waals surface area contributed by atoms with Crippen molar-refractivity contribution in [3.8, 4) is 0 Å². The predicted octanol–water partition coefficient (Wildman–Crippen LogP) is 2.10. The van der Waals surface area contributed by atoms with Crippen molar-refractivity contribution in [2.75, 3.05) is 16.8 Å². The molecule has 0 aliphatic carbocycles. The van der Waals surface area contributed by atoms with Crippen molar-refractivity contribution in [3.63, 3.8) is 0 Å². The Morgan fingerprint density at radius 3 is 2.64 bits per heavy atom. The molecular weight excluding hydrogens is 364 g/mol. The first-order chi connectivity index (χ1) is 11.8. The topological polar surface area (TPSA) is 101 Å². The molecule has 1 aliphatic rings. The molecule has 7 nitrogen and oxygen atoms in total. The molecule has 1 atom stereocenters. The van der Waals surface area contributed by atoms with Crippen LogP contribution in [0.15, 0.2) is 30.6 Å². The minimum atomic E-state index is -3.04. The molecule has 1 amide bonds. The molecule has 132 valence electrons. The number of nitrogens with one attached hydrogen (secondary N) is 2. The Morgan fingerprint density at radius 1 is 1.28 bits per heavy atom. The lowest BCUT2D eigenvalue weighted by atomic mass is 10.2. The zero-order chi connectivity index (χ0) is 18.0. The van der Waals surface area contributed by atoms with Crippen LogP contribution in [0.1, 0.15) is 22.3 Å². The lowest BCUT2D eigenvalue weighted by Crippen LogP contribution is -2.35. The molecule has 0 bridgehead atoms. The highest BCUT2D eigenvalue weighted by Gasteiger charge is 2.29. The van der Waals surface area contributed by atoms with Crippen LogP contribution in [-0.2, 0) is 9.84 Å². The normalized spacial score (nSPS) is 18.7. The highest BCUT2D eigenvalue weighted by Crippen LogP contribution is 2.24. The zero-order valence-electron chi connectivity index (χ0n) is 13.5. The molecule has 1 fully saturated rings. The first-order valence-electron chi connectivity index (χ1n) is 7.69. The van der Waals surface area contributed by atoms with E-state index in [9.17, 15) is 13.2 Å². The number of anilines is 2. The largest absolute Gasteiger partial charge is 0.348 e. The van der Waals surface area contributed by atoms with Gasteiger partial charge in [0, 0.05) is 29.1 Å². The Hall–Kier alpha value is -2.19. The number of benzene rings is 1. The summed E-state index contributed by atoms with van der Waals surface area (Å²) in [6.45, 7) is 1.88. The molecule has 1 saturated heterocycles. The summed E-state index contributed by atoms with van der Waals surface area (Å²) in [4.78, 5) is 20.4. The van der Waals surface area contributed by atoms with Crippen LogP contribution in [0.4, 0.5) is 11.6 Å². The molecule has 2 N–H and O–H groups in total. The molecule has 1 aromatic heterocycles. The maximum Gasteiger partial charge on any atom is 0.254 e. The van der Waals surface area contributed by atoms with Gasteiger partial charge in [0.25, 0.3) is 5.91 Å². The van der Waals surface area contributed by atoms with E-state index in [2.05, 4.69) is 20.6 Å². The van der Waals surface area contributed by atoms with Crippen LogP contribution in [0, 0.1) is 6.92 Å². The van der Waals surface area contributed by atoms with Gasteiger partial charge in [-0.25, -0.2) is 18.4 Å². The molecule has 0 radical (unpaired) electrons. The Kier molecular flexibility index (Phi) is 4.91. The first kappa shape index (κ1) is 17.6. The van der Waals surface area contributed by atoms with Gasteiger partial charge in [0.2, 0.25) is 5.95 Å². The second-order valence-electron chi connectivity index (χ2n) is 5.91. The van der Waals surface area contributed by atoms with Crippen molar-refractivity contribution in [2.45, 2.75) is 19.4 Å². The van der Waals surface area contributed by atoms with Crippen molar-refractivity contribution in [1.29, 1.82) is 0 Å². The Labute approximate surface area is 150 Å². The Bertz CT molecular complexity index is 900. The van der Waals surface area contributed by atoms with E-state index in [0.29, 0.717) is 17.4 Å². The summed E-state index contributed by atoms with van der Waals surface area (Å²) < 4.78 is 22.9. The van der Waals surface area contributed by atoms with Crippen molar-refractivity contribution in [3.05, 3.63) is 46.7 Å². The summed E-state index contributed by atoms with van der Waals surface area (Å²) in [6.07, 6.45) is 3.23. The van der Waals surface area contributed by atoms with Crippen molar-refractivity contribution in [2.24, 2.45) is 0 Å². The van der Waals surface area contributed by atoms with Crippen LogP contribution < -0.4 is 10.6 Å². The van der Waals surface area contributed by atoms with Crippen LogP contribution in [0.25, 0.3) is 0 Å². The van der Waals surface area contributed by atoms with Gasteiger partial charge < -0.3 is 10.6 Å². The van der Waals surface area contributed by atoms with E-state index < -0.39 is 9.84 Å². The van der Waals surface area contributed by atoms with Gasteiger partial charge in [0.1, 0.15) is 0 Å². The molecule has 1 aromatic carbocycles. The molecule has 2 heterocycles. The Morgan fingerprint density at radius 2 is 2.00 bits per heavy atom. The van der Waals surface area contributed by atoms with Crippen LogP contribution in [0.3, 0.4) is 0 Å². The monoisotopic (exact) mass is 380 g/mol. The van der Waals surface area contributed by atoms with Crippen LogP contribution in [0.2, 0.25) is 5.02 Å². The van der Waals surface area contributed by atoms with Gasteiger partial charge >= 0.3 is 0 Å². The van der Waals surface area contributed by atoms with Gasteiger partial charge in [0.15, 0.2) is 9.84 Å². The van der Waals surface area contributed by atoms with Gasteiger partial charge in [-0.2, -0.15) is 0 Å². The minimum absolute atomic E-state index is 0.0206. The maximum absolute atomic E-state index is 12.2. The standard InChI is InChI=1S/C16H17ClN4O3S/c1-10-13(17)3-2-4-14(10)21-16-18-7-11(8-19-16)15(22)20-12-5-6-25(23,24)9-12/h2-4,7-8,12H,5-6,9H2,1H3,(H,20,22)(H,18,19,21). The lowest BCUT2D eigenvalue weighted by Gasteiger charge is -2.11. The van der Waals surface area contributed by atoms with E-state index in [1.807, 2.05) is 19.1 Å². The Balaban J connectivity index is 1.66. The molecule has 1 aliphatic heterocycles. The fourth-order valence-corrected chi connectivity index (χ4v) is 4.40. The molecule has 9 heteroatoms. The fourth-order valence-electron chi connectivity index (χ4n) is 2.55. The van der Waals surface area contributed by atoms with Gasteiger partial charge in [0.05, 0.1) is 17.1 Å². The molecular formula is C16H17ClN4O3S. The number of sulfone groups is 1. The minimum Gasteiger partial charge on any atom is -0.348 e. The van der Waals surface area contributed by atoms with Crippen molar-refractivity contribution < 1.29 is 13.2 Å². The van der Waals surface area contributed by atoms with E-state index in [1.165, 1.54) is 12.4 Å². The second kappa shape index (κ2) is 6.97. The number of rotatable bonds is 4. The number of halogens is 1. The van der Waals surface area contributed by atoms with Gasteiger partial charge in [-0.3, -0.25) is 4.79 Å². The van der Waals surface area contributed by atoms with E-state index in [0.717, 1.165) is 11.3 Å². The molecule has 0 spiro atoms. The molecule has 1 unspecified atom stereocenters. The fraction of sp³-hybridized carbons (Fsp3) is 0.312. The predicted molar refractivity (Wildman–Crippen MR) is 96.0 cm³/mol. The van der Waals surface area contributed by atoms with E-state index in [1.54, 1.807) is 6.07 Å². The number of carbonyl (C=O) groups excluding carboxylic acids is 1. The number of hydrogen-bond acceptors (Lipinski definition) is 6. The summed E-state index contributed by atoms with van der Waals surface area (Å²) in [5.74, 6) is 0.0433. The van der Waals surface area contributed by atoms with Crippen LogP contribution >= 0.6 is 11.6 Å². The van der Waals surface area contributed by atoms with Crippen molar-refractivity contribution >= 4 is 39.0 Å². The zero-order valence-corrected chi connectivity index (χ0v) is 15.1. The smallest absolute Gasteiger partial charge is 0.254 e. The van der Waals surface area contributed by atoms with Crippen molar-refractivity contribution in [1.82, 2.24) is 15.3 Å². The molecule has 2 aromatic rings. The average molecular weight is 381 g/mol. The van der Waals surface area contributed by atoms with E-state index in [-0.39, 0.29) is 29.0 Å². The second-order valence-corrected chi connectivity index (χ2v) is 8.54. The van der Waals surface area contributed by atoms with Gasteiger partial charge in [-0.1, -0.05) is 17.7 Å². The third kappa shape index (κ3) is 4.26. The van der Waals surface area contributed by atoms with Crippen LogP contribution in [-0.4, -0.2) is 41.8 Å². The van der Waals surface area contributed by atoms with E-state index in [4.69, 9.17) is 11.6 Å². The first-order valence-corrected chi connectivity index (χ1v) is 9.89. The maximum atomic E-state index is 12.2. The quantitative estimate of drug-likeness (QED) is 0.842. The van der Waals surface area contributed by atoms with E-state index >= 15 is 0 Å².